The molecule has 4 unspecified atom stereocenters. The summed E-state index contributed by atoms with van der Waals surface area (Å²) in [4.78, 5) is 0. The number of methoxy groups -OCH3 is 1. The molecule has 1 aliphatic heterocycles. The lowest BCUT2D eigenvalue weighted by atomic mass is 10.1. The van der Waals surface area contributed by atoms with E-state index in [4.69, 9.17) is 15.2 Å². The van der Waals surface area contributed by atoms with Crippen LogP contribution in [0.3, 0.4) is 0 Å². The van der Waals surface area contributed by atoms with Crippen molar-refractivity contribution in [3.05, 3.63) is 29.3 Å². The Labute approximate surface area is 125 Å². The second kappa shape index (κ2) is 5.26. The number of ether oxygens (including phenoxy) is 2. The summed E-state index contributed by atoms with van der Waals surface area (Å²) in [5, 5.41) is -1.00. The highest BCUT2D eigenvalue weighted by Gasteiger charge is 2.46. The van der Waals surface area contributed by atoms with Gasteiger partial charge in [0.2, 0.25) is 0 Å². The van der Waals surface area contributed by atoms with Crippen LogP contribution in [0.2, 0.25) is 0 Å². The third-order valence-corrected chi connectivity index (χ3v) is 7.45. The van der Waals surface area contributed by atoms with Crippen molar-refractivity contribution in [1.29, 1.82) is 0 Å². The van der Waals surface area contributed by atoms with Crippen LogP contribution in [-0.4, -0.2) is 38.7 Å². The summed E-state index contributed by atoms with van der Waals surface area (Å²) in [6.45, 7) is 2.33. The normalized spacial score (nSPS) is 32.1. The van der Waals surface area contributed by atoms with Gasteiger partial charge in [-0.2, -0.15) is 0 Å². The Morgan fingerprint density at radius 2 is 2.10 bits per heavy atom. The molecule has 0 saturated carbocycles. The maximum atomic E-state index is 12.9. The molecule has 0 spiro atoms. The van der Waals surface area contributed by atoms with Crippen LogP contribution in [0.25, 0.3) is 0 Å². The monoisotopic (exact) mass is 311 g/mol. The van der Waals surface area contributed by atoms with Crippen molar-refractivity contribution in [2.75, 3.05) is 13.7 Å². The van der Waals surface area contributed by atoms with E-state index in [1.54, 1.807) is 7.11 Å². The van der Waals surface area contributed by atoms with E-state index in [9.17, 15) is 8.42 Å². The molecule has 5 nitrogen and oxygen atoms in total. The van der Waals surface area contributed by atoms with E-state index in [0.717, 1.165) is 11.1 Å². The first-order chi connectivity index (χ1) is 9.95. The molecule has 3 rings (SSSR count). The minimum Gasteiger partial charge on any atom is -0.497 e. The van der Waals surface area contributed by atoms with Gasteiger partial charge >= 0.3 is 0 Å². The first-order valence-electron chi connectivity index (χ1n) is 7.22. The van der Waals surface area contributed by atoms with Gasteiger partial charge in [0, 0.05) is 12.6 Å². The van der Waals surface area contributed by atoms with Crippen molar-refractivity contribution in [2.24, 2.45) is 5.73 Å². The van der Waals surface area contributed by atoms with Crippen molar-refractivity contribution in [1.82, 2.24) is 0 Å². The van der Waals surface area contributed by atoms with Crippen molar-refractivity contribution >= 4 is 9.84 Å². The van der Waals surface area contributed by atoms with Crippen LogP contribution >= 0.6 is 0 Å². The van der Waals surface area contributed by atoms with Crippen molar-refractivity contribution in [3.8, 4) is 5.75 Å². The molecule has 0 radical (unpaired) electrons. The van der Waals surface area contributed by atoms with Crippen LogP contribution in [0.4, 0.5) is 0 Å². The smallest absolute Gasteiger partial charge is 0.160 e. The van der Waals surface area contributed by atoms with E-state index < -0.39 is 26.4 Å². The molecule has 0 aromatic heterocycles. The zero-order valence-electron chi connectivity index (χ0n) is 12.3. The standard InChI is InChI=1S/C15H21NO4S/c1-9-13(5-6-20-9)21(17,18)14-7-10-3-4-11(19-2)8-12(10)15(14)16/h3-4,8-9,13-15H,5-7,16H2,1-2H3. The molecule has 1 aliphatic carbocycles. The van der Waals surface area contributed by atoms with Crippen molar-refractivity contribution in [2.45, 2.75) is 42.4 Å². The SMILES string of the molecule is COc1ccc2c(c1)C(N)C(S(=O)(=O)C1CCOC1C)C2. The summed E-state index contributed by atoms with van der Waals surface area (Å²) >= 11 is 0. The lowest BCUT2D eigenvalue weighted by molar-refractivity contribution is 0.126. The van der Waals surface area contributed by atoms with Crippen LogP contribution in [0.15, 0.2) is 18.2 Å². The molecule has 1 fully saturated rings. The fraction of sp³-hybridized carbons (Fsp3) is 0.600. The minimum absolute atomic E-state index is 0.250. The summed E-state index contributed by atoms with van der Waals surface area (Å²) in [6.07, 6.45) is 0.791. The summed E-state index contributed by atoms with van der Waals surface area (Å²) in [7, 11) is -1.72. The molecular weight excluding hydrogens is 290 g/mol. The van der Waals surface area contributed by atoms with E-state index in [2.05, 4.69) is 0 Å². The highest BCUT2D eigenvalue weighted by Crippen LogP contribution is 2.39. The van der Waals surface area contributed by atoms with Crippen molar-refractivity contribution < 1.29 is 17.9 Å². The van der Waals surface area contributed by atoms with Gasteiger partial charge in [-0.25, -0.2) is 8.42 Å². The van der Waals surface area contributed by atoms with Crippen LogP contribution in [0.5, 0.6) is 5.75 Å². The molecule has 6 heteroatoms. The largest absolute Gasteiger partial charge is 0.497 e. The second-order valence-corrected chi connectivity index (χ2v) is 8.21. The Kier molecular flexibility index (Phi) is 3.71. The fourth-order valence-corrected chi connectivity index (χ4v) is 5.88. The average Bonchev–Trinajstić information content (AvgIpc) is 3.03. The second-order valence-electron chi connectivity index (χ2n) is 5.83. The molecule has 4 atom stereocenters. The van der Waals surface area contributed by atoms with E-state index >= 15 is 0 Å². The Balaban J connectivity index is 1.92. The molecule has 1 heterocycles. The Morgan fingerprint density at radius 1 is 1.33 bits per heavy atom. The van der Waals surface area contributed by atoms with Crippen LogP contribution in [-0.2, 0) is 21.0 Å². The molecular formula is C15H21NO4S. The van der Waals surface area contributed by atoms with Gasteiger partial charge in [-0.15, -0.1) is 0 Å². The maximum absolute atomic E-state index is 12.9. The van der Waals surface area contributed by atoms with Crippen molar-refractivity contribution in [3.63, 3.8) is 0 Å². The number of benzene rings is 1. The van der Waals surface area contributed by atoms with Gasteiger partial charge in [0.15, 0.2) is 9.84 Å². The number of sulfone groups is 1. The molecule has 0 bridgehead atoms. The van der Waals surface area contributed by atoms with E-state index in [1.165, 1.54) is 0 Å². The zero-order valence-corrected chi connectivity index (χ0v) is 13.1. The number of fused-ring (bicyclic) bond motifs is 1. The quantitative estimate of drug-likeness (QED) is 0.908. The van der Waals surface area contributed by atoms with Gasteiger partial charge in [-0.3, -0.25) is 0 Å². The number of rotatable bonds is 3. The van der Waals surface area contributed by atoms with Crippen LogP contribution in [0, 0.1) is 0 Å². The predicted molar refractivity (Wildman–Crippen MR) is 80.2 cm³/mol. The third-order valence-electron chi connectivity index (χ3n) is 4.68. The third kappa shape index (κ3) is 2.35. The highest BCUT2D eigenvalue weighted by molar-refractivity contribution is 7.92. The van der Waals surface area contributed by atoms with E-state index in [1.807, 2.05) is 25.1 Å². The summed E-state index contributed by atoms with van der Waals surface area (Å²) in [5.74, 6) is 0.708. The first-order valence-corrected chi connectivity index (χ1v) is 8.83. The predicted octanol–water partition coefficient (Wildman–Crippen LogP) is 1.21. The lowest BCUT2D eigenvalue weighted by Gasteiger charge is -2.23. The molecule has 2 N–H and O–H groups in total. The number of hydrogen-bond donors (Lipinski definition) is 1. The summed E-state index contributed by atoms with van der Waals surface area (Å²) < 4.78 is 36.4. The van der Waals surface area contributed by atoms with Crippen LogP contribution in [0.1, 0.15) is 30.5 Å². The Bertz CT molecular complexity index is 643. The lowest BCUT2D eigenvalue weighted by Crippen LogP contribution is -2.40. The molecule has 2 aliphatic rings. The summed E-state index contributed by atoms with van der Waals surface area (Å²) in [6, 6.07) is 5.12. The van der Waals surface area contributed by atoms with Gasteiger partial charge in [-0.05, 0) is 43.0 Å². The van der Waals surface area contributed by atoms with Crippen LogP contribution < -0.4 is 10.5 Å². The molecule has 1 saturated heterocycles. The Morgan fingerprint density at radius 3 is 2.71 bits per heavy atom. The zero-order chi connectivity index (χ0) is 15.2. The fourth-order valence-electron chi connectivity index (χ4n) is 3.43. The van der Waals surface area contributed by atoms with Gasteiger partial charge < -0.3 is 15.2 Å². The molecule has 1 aromatic rings. The van der Waals surface area contributed by atoms with E-state index in [0.29, 0.717) is 25.2 Å². The van der Waals surface area contributed by atoms with Gasteiger partial charge in [0.25, 0.3) is 0 Å². The summed E-state index contributed by atoms with van der Waals surface area (Å²) in [5.41, 5.74) is 8.12. The van der Waals surface area contributed by atoms with E-state index in [-0.39, 0.29) is 6.10 Å². The van der Waals surface area contributed by atoms with Gasteiger partial charge in [0.05, 0.1) is 23.7 Å². The topological polar surface area (TPSA) is 78.6 Å². The molecule has 1 aromatic carbocycles. The highest BCUT2D eigenvalue weighted by atomic mass is 32.2. The maximum Gasteiger partial charge on any atom is 0.160 e. The number of nitrogens with two attached hydrogens (primary N) is 1. The number of hydrogen-bond acceptors (Lipinski definition) is 5. The molecule has 116 valence electrons. The molecule has 21 heavy (non-hydrogen) atoms. The Hall–Kier alpha value is -1.11. The van der Waals surface area contributed by atoms with Gasteiger partial charge in [0.1, 0.15) is 5.75 Å². The average molecular weight is 311 g/mol. The molecule has 0 amide bonds. The first kappa shape index (κ1) is 14.8. The van der Waals surface area contributed by atoms with Gasteiger partial charge in [-0.1, -0.05) is 6.07 Å². The minimum atomic E-state index is -3.31.